The average molecular weight is 248 g/mol. The first-order valence-electron chi connectivity index (χ1n) is 5.16. The van der Waals surface area contributed by atoms with Crippen LogP contribution in [0.4, 0.5) is 0 Å². The molecule has 0 saturated heterocycles. The smallest absolute Gasteiger partial charge is 0.262 e. The summed E-state index contributed by atoms with van der Waals surface area (Å²) in [6.07, 6.45) is 3.13. The maximum Gasteiger partial charge on any atom is 0.262 e. The Bertz CT molecular complexity index is 667. The molecule has 5 heteroatoms. The van der Waals surface area contributed by atoms with Crippen LogP contribution in [0.1, 0.15) is 22.2 Å². The van der Waals surface area contributed by atoms with Crippen LogP contribution >= 0.6 is 11.3 Å². The van der Waals surface area contributed by atoms with Crippen LogP contribution in [0.5, 0.6) is 0 Å². The van der Waals surface area contributed by atoms with E-state index < -0.39 is 0 Å². The van der Waals surface area contributed by atoms with Crippen LogP contribution in [0, 0.1) is 6.92 Å². The van der Waals surface area contributed by atoms with Crippen molar-refractivity contribution in [3.8, 4) is 0 Å². The van der Waals surface area contributed by atoms with Crippen LogP contribution in [-0.2, 0) is 6.54 Å². The largest absolute Gasteiger partial charge is 0.295 e. The summed E-state index contributed by atoms with van der Waals surface area (Å²) >= 11 is 1.27. The third-order valence-corrected chi connectivity index (χ3v) is 3.86. The molecule has 2 rings (SSSR count). The number of aryl methyl sites for hydroxylation is 1. The molecule has 0 radical (unpaired) electrons. The minimum atomic E-state index is -0.115. The molecular weight excluding hydrogens is 236 g/mol. The third-order valence-electron chi connectivity index (χ3n) is 2.56. The lowest BCUT2D eigenvalue weighted by Gasteiger charge is -2.00. The van der Waals surface area contributed by atoms with Crippen molar-refractivity contribution in [3.63, 3.8) is 0 Å². The van der Waals surface area contributed by atoms with E-state index in [9.17, 15) is 9.59 Å². The highest BCUT2D eigenvalue weighted by molar-refractivity contribution is 7.20. The van der Waals surface area contributed by atoms with Gasteiger partial charge in [0.05, 0.1) is 16.6 Å². The highest BCUT2D eigenvalue weighted by atomic mass is 32.1. The topological polar surface area (TPSA) is 52.0 Å². The third kappa shape index (κ3) is 1.82. The van der Waals surface area contributed by atoms with Crippen LogP contribution in [0.2, 0.25) is 0 Å². The molecule has 17 heavy (non-hydrogen) atoms. The van der Waals surface area contributed by atoms with E-state index in [-0.39, 0.29) is 11.3 Å². The number of carbonyl (C=O) groups is 1. The van der Waals surface area contributed by atoms with Crippen molar-refractivity contribution in [2.45, 2.75) is 20.4 Å². The number of rotatable bonds is 3. The minimum Gasteiger partial charge on any atom is -0.295 e. The number of Topliss-reactive ketones (excluding diaryl/α,β-unsaturated/α-hetero) is 1. The second-order valence-corrected chi connectivity index (χ2v) is 4.78. The first kappa shape index (κ1) is 11.7. The van der Waals surface area contributed by atoms with Crippen LogP contribution in [0.25, 0.3) is 10.2 Å². The predicted molar refractivity (Wildman–Crippen MR) is 68.8 cm³/mol. The first-order valence-corrected chi connectivity index (χ1v) is 5.98. The quantitative estimate of drug-likeness (QED) is 0.617. The van der Waals surface area contributed by atoms with Crippen LogP contribution in [0.15, 0.2) is 23.8 Å². The molecule has 0 N–H and O–H groups in total. The normalized spacial score (nSPS) is 10.7. The number of hydrogen-bond acceptors (Lipinski definition) is 4. The summed E-state index contributed by atoms with van der Waals surface area (Å²) < 4.78 is 1.49. The van der Waals surface area contributed by atoms with Crippen molar-refractivity contribution in [3.05, 3.63) is 39.8 Å². The van der Waals surface area contributed by atoms with Gasteiger partial charge in [-0.3, -0.25) is 14.2 Å². The molecule has 0 unspecified atom stereocenters. The van der Waals surface area contributed by atoms with Crippen molar-refractivity contribution in [2.75, 3.05) is 0 Å². The maximum absolute atomic E-state index is 12.1. The van der Waals surface area contributed by atoms with Crippen molar-refractivity contribution in [1.29, 1.82) is 0 Å². The van der Waals surface area contributed by atoms with Crippen LogP contribution in [-0.4, -0.2) is 15.3 Å². The lowest BCUT2D eigenvalue weighted by atomic mass is 10.2. The van der Waals surface area contributed by atoms with Gasteiger partial charge in [0.25, 0.3) is 5.56 Å². The Labute approximate surface area is 102 Å². The molecule has 0 aliphatic carbocycles. The highest BCUT2D eigenvalue weighted by Gasteiger charge is 2.16. The summed E-state index contributed by atoms with van der Waals surface area (Å²) in [5, 5.41) is 0.546. The molecule has 4 nitrogen and oxygen atoms in total. The Hall–Kier alpha value is -1.75. The van der Waals surface area contributed by atoms with Gasteiger partial charge in [-0.2, -0.15) is 0 Å². The highest BCUT2D eigenvalue weighted by Crippen LogP contribution is 2.26. The number of carbonyl (C=O) groups excluding carboxylic acids is 1. The molecule has 88 valence electrons. The molecule has 0 amide bonds. The van der Waals surface area contributed by atoms with Crippen molar-refractivity contribution >= 4 is 27.3 Å². The van der Waals surface area contributed by atoms with Crippen LogP contribution < -0.4 is 5.56 Å². The summed E-state index contributed by atoms with van der Waals surface area (Å²) in [6, 6.07) is 0. The Morgan fingerprint density at radius 2 is 2.35 bits per heavy atom. The Morgan fingerprint density at radius 1 is 1.65 bits per heavy atom. The Morgan fingerprint density at radius 3 is 2.94 bits per heavy atom. The van der Waals surface area contributed by atoms with Gasteiger partial charge in [-0.05, 0) is 19.4 Å². The van der Waals surface area contributed by atoms with Crippen LogP contribution in [0.3, 0.4) is 0 Å². The van der Waals surface area contributed by atoms with Crippen molar-refractivity contribution in [2.24, 2.45) is 0 Å². The SMILES string of the molecule is C=CCn1cnc2sc(C(C)=O)c(C)c2c1=O. The van der Waals surface area contributed by atoms with E-state index in [0.29, 0.717) is 21.6 Å². The number of allylic oxidation sites excluding steroid dienone is 1. The average Bonchev–Trinajstić information content (AvgIpc) is 2.61. The summed E-state index contributed by atoms with van der Waals surface area (Å²) in [7, 11) is 0. The van der Waals surface area contributed by atoms with Gasteiger partial charge in [0.2, 0.25) is 0 Å². The molecule has 0 aliphatic heterocycles. The van der Waals surface area contributed by atoms with Gasteiger partial charge in [0.1, 0.15) is 4.83 Å². The number of nitrogens with zero attached hydrogens (tertiary/aromatic N) is 2. The van der Waals surface area contributed by atoms with Gasteiger partial charge in [-0.15, -0.1) is 17.9 Å². The summed E-state index contributed by atoms with van der Waals surface area (Å²) in [6.45, 7) is 7.31. The zero-order chi connectivity index (χ0) is 12.6. The number of aromatic nitrogens is 2. The van der Waals surface area contributed by atoms with E-state index in [1.165, 1.54) is 29.2 Å². The first-order chi connectivity index (χ1) is 8.06. The Balaban J connectivity index is 2.81. The maximum atomic E-state index is 12.1. The second kappa shape index (κ2) is 4.25. The molecule has 0 bridgehead atoms. The molecule has 2 aromatic rings. The molecule has 0 atom stereocenters. The number of hydrogen-bond donors (Lipinski definition) is 0. The number of fused-ring (bicyclic) bond motifs is 1. The fourth-order valence-electron chi connectivity index (χ4n) is 1.76. The Kier molecular flexibility index (Phi) is 2.93. The monoisotopic (exact) mass is 248 g/mol. The van der Waals surface area contributed by atoms with Gasteiger partial charge in [0.15, 0.2) is 5.78 Å². The molecule has 0 fully saturated rings. The van der Waals surface area contributed by atoms with E-state index in [4.69, 9.17) is 0 Å². The van der Waals surface area contributed by atoms with E-state index in [0.717, 1.165) is 5.56 Å². The number of thiophene rings is 1. The molecule has 0 spiro atoms. The second-order valence-electron chi connectivity index (χ2n) is 3.78. The van der Waals surface area contributed by atoms with E-state index >= 15 is 0 Å². The number of ketones is 1. The van der Waals surface area contributed by atoms with E-state index in [1.54, 1.807) is 13.0 Å². The fraction of sp³-hybridized carbons (Fsp3) is 0.250. The molecule has 2 aromatic heterocycles. The molecule has 0 saturated carbocycles. The molecule has 2 heterocycles. The predicted octanol–water partition coefficient (Wildman–Crippen LogP) is 2.16. The zero-order valence-corrected chi connectivity index (χ0v) is 10.5. The van der Waals surface area contributed by atoms with E-state index in [2.05, 4.69) is 11.6 Å². The van der Waals surface area contributed by atoms with E-state index in [1.807, 2.05) is 0 Å². The van der Waals surface area contributed by atoms with Gasteiger partial charge in [-0.25, -0.2) is 4.98 Å². The zero-order valence-electron chi connectivity index (χ0n) is 9.69. The van der Waals surface area contributed by atoms with Crippen molar-refractivity contribution < 1.29 is 4.79 Å². The minimum absolute atomic E-state index is 0.0276. The van der Waals surface area contributed by atoms with Gasteiger partial charge >= 0.3 is 0 Å². The summed E-state index contributed by atoms with van der Waals surface area (Å²) in [4.78, 5) is 29.0. The standard InChI is InChI=1S/C12H12N2O2S/c1-4-5-14-6-13-11-9(12(14)16)7(2)10(17-11)8(3)15/h4,6H,1,5H2,2-3H3. The lowest BCUT2D eigenvalue weighted by Crippen LogP contribution is -2.19. The summed E-state index contributed by atoms with van der Waals surface area (Å²) in [5.74, 6) is -0.0276. The van der Waals surface area contributed by atoms with Crippen molar-refractivity contribution in [1.82, 2.24) is 9.55 Å². The van der Waals surface area contributed by atoms with Gasteiger partial charge in [-0.1, -0.05) is 6.08 Å². The van der Waals surface area contributed by atoms with Gasteiger partial charge < -0.3 is 0 Å². The fourth-order valence-corrected chi connectivity index (χ4v) is 2.80. The molecule has 0 aliphatic rings. The van der Waals surface area contributed by atoms with Gasteiger partial charge in [0, 0.05) is 6.54 Å². The molecule has 0 aromatic carbocycles. The lowest BCUT2D eigenvalue weighted by molar-refractivity contribution is 0.102. The molecular formula is C12H12N2O2S. The summed E-state index contributed by atoms with van der Waals surface area (Å²) in [5.41, 5.74) is 0.615.